The molecule has 0 aliphatic rings. The van der Waals surface area contributed by atoms with Crippen LogP contribution in [0.15, 0.2) is 30.3 Å². The molecule has 0 atom stereocenters. The van der Waals surface area contributed by atoms with Crippen LogP contribution in [0.1, 0.15) is 35.9 Å². The molecule has 5 heteroatoms. The molecule has 0 saturated heterocycles. The van der Waals surface area contributed by atoms with Crippen LogP contribution in [0.4, 0.5) is 0 Å². The van der Waals surface area contributed by atoms with Crippen molar-refractivity contribution in [3.63, 3.8) is 0 Å². The molecule has 4 nitrogen and oxygen atoms in total. The van der Waals surface area contributed by atoms with Crippen molar-refractivity contribution < 1.29 is 9.90 Å². The van der Waals surface area contributed by atoms with Gasteiger partial charge in [-0.1, -0.05) is 25.4 Å². The summed E-state index contributed by atoms with van der Waals surface area (Å²) in [5.41, 5.74) is 1.71. The number of hydrogen-bond acceptors (Lipinski definition) is 2. The molecule has 0 fully saturated rings. The molecule has 0 unspecified atom stereocenters. The Bertz CT molecular complexity index is 573. The standard InChI is InChI=1S/C13H13ClN2O2/c1-8(2)12-7-11(13(17)18)15-16(12)10-5-3-9(14)4-6-10/h3-8H,1-2H3,(H,17,18). The lowest BCUT2D eigenvalue weighted by Gasteiger charge is -2.09. The van der Waals surface area contributed by atoms with E-state index in [1.54, 1.807) is 22.9 Å². The number of benzene rings is 1. The molecule has 1 aromatic heterocycles. The van der Waals surface area contributed by atoms with E-state index in [1.807, 2.05) is 26.0 Å². The number of aromatic nitrogens is 2. The largest absolute Gasteiger partial charge is 0.476 e. The predicted octanol–water partition coefficient (Wildman–Crippen LogP) is 3.35. The number of carboxylic acid groups (broad SMARTS) is 1. The Balaban J connectivity index is 2.54. The van der Waals surface area contributed by atoms with Crippen LogP contribution in [-0.2, 0) is 0 Å². The molecule has 0 bridgehead atoms. The van der Waals surface area contributed by atoms with E-state index >= 15 is 0 Å². The number of nitrogens with zero attached hydrogens (tertiary/aromatic N) is 2. The first-order valence-corrected chi connectivity index (χ1v) is 5.96. The molecule has 0 amide bonds. The van der Waals surface area contributed by atoms with Crippen molar-refractivity contribution in [2.45, 2.75) is 19.8 Å². The lowest BCUT2D eigenvalue weighted by atomic mass is 10.1. The molecule has 0 aliphatic heterocycles. The molecular formula is C13H13ClN2O2. The van der Waals surface area contributed by atoms with Gasteiger partial charge in [0, 0.05) is 10.7 Å². The SMILES string of the molecule is CC(C)c1cc(C(=O)O)nn1-c1ccc(Cl)cc1. The third-order valence-electron chi connectivity index (χ3n) is 2.62. The molecule has 1 N–H and O–H groups in total. The molecule has 1 aromatic carbocycles. The summed E-state index contributed by atoms with van der Waals surface area (Å²) in [6.07, 6.45) is 0. The Labute approximate surface area is 110 Å². The van der Waals surface area contributed by atoms with Crippen molar-refractivity contribution in [3.8, 4) is 5.69 Å². The number of rotatable bonds is 3. The average Bonchev–Trinajstić information content (AvgIpc) is 2.75. The molecule has 0 spiro atoms. The summed E-state index contributed by atoms with van der Waals surface area (Å²) in [6.45, 7) is 3.99. The summed E-state index contributed by atoms with van der Waals surface area (Å²) in [6, 6.07) is 8.73. The van der Waals surface area contributed by atoms with Crippen LogP contribution in [-0.4, -0.2) is 20.9 Å². The molecule has 2 aromatic rings. The van der Waals surface area contributed by atoms with E-state index in [2.05, 4.69) is 5.10 Å². The van der Waals surface area contributed by atoms with Gasteiger partial charge in [-0.15, -0.1) is 0 Å². The van der Waals surface area contributed by atoms with Crippen molar-refractivity contribution in [2.75, 3.05) is 0 Å². The van der Waals surface area contributed by atoms with Gasteiger partial charge in [0.1, 0.15) is 0 Å². The summed E-state index contributed by atoms with van der Waals surface area (Å²) >= 11 is 5.83. The van der Waals surface area contributed by atoms with Gasteiger partial charge in [-0.25, -0.2) is 9.48 Å². The molecule has 18 heavy (non-hydrogen) atoms. The van der Waals surface area contributed by atoms with E-state index in [0.717, 1.165) is 11.4 Å². The van der Waals surface area contributed by atoms with Crippen molar-refractivity contribution in [1.82, 2.24) is 9.78 Å². The highest BCUT2D eigenvalue weighted by molar-refractivity contribution is 6.30. The summed E-state index contributed by atoms with van der Waals surface area (Å²) in [4.78, 5) is 11.0. The van der Waals surface area contributed by atoms with Gasteiger partial charge < -0.3 is 5.11 Å². The Hall–Kier alpha value is -1.81. The van der Waals surface area contributed by atoms with Crippen LogP contribution in [0.2, 0.25) is 5.02 Å². The zero-order chi connectivity index (χ0) is 13.3. The number of carboxylic acids is 1. The van der Waals surface area contributed by atoms with E-state index in [1.165, 1.54) is 0 Å². The first-order chi connectivity index (χ1) is 8.49. The Morgan fingerprint density at radius 1 is 1.33 bits per heavy atom. The summed E-state index contributed by atoms with van der Waals surface area (Å²) in [7, 11) is 0. The maximum atomic E-state index is 11.0. The molecule has 2 rings (SSSR count). The second-order valence-electron chi connectivity index (χ2n) is 4.30. The van der Waals surface area contributed by atoms with Gasteiger partial charge in [-0.2, -0.15) is 5.10 Å². The zero-order valence-electron chi connectivity index (χ0n) is 10.1. The van der Waals surface area contributed by atoms with Gasteiger partial charge in [0.25, 0.3) is 0 Å². The minimum Gasteiger partial charge on any atom is -0.476 e. The van der Waals surface area contributed by atoms with Gasteiger partial charge in [-0.3, -0.25) is 0 Å². The highest BCUT2D eigenvalue weighted by atomic mass is 35.5. The molecule has 1 heterocycles. The highest BCUT2D eigenvalue weighted by Crippen LogP contribution is 2.21. The smallest absolute Gasteiger partial charge is 0.356 e. The summed E-state index contributed by atoms with van der Waals surface area (Å²) < 4.78 is 1.64. The van der Waals surface area contributed by atoms with E-state index in [0.29, 0.717) is 5.02 Å². The molecular weight excluding hydrogens is 252 g/mol. The minimum atomic E-state index is -1.02. The first-order valence-electron chi connectivity index (χ1n) is 5.58. The van der Waals surface area contributed by atoms with E-state index < -0.39 is 5.97 Å². The lowest BCUT2D eigenvalue weighted by Crippen LogP contribution is -2.04. The van der Waals surface area contributed by atoms with Crippen molar-refractivity contribution >= 4 is 17.6 Å². The zero-order valence-corrected chi connectivity index (χ0v) is 10.8. The number of aromatic carboxylic acids is 1. The van der Waals surface area contributed by atoms with Crippen LogP contribution in [0.25, 0.3) is 5.69 Å². The Kier molecular flexibility index (Phi) is 3.39. The Morgan fingerprint density at radius 2 is 1.94 bits per heavy atom. The van der Waals surface area contributed by atoms with Crippen LogP contribution >= 0.6 is 11.6 Å². The third-order valence-corrected chi connectivity index (χ3v) is 2.87. The van der Waals surface area contributed by atoms with Gasteiger partial charge in [0.05, 0.1) is 5.69 Å². The summed E-state index contributed by atoms with van der Waals surface area (Å²) in [5.74, 6) is -0.842. The minimum absolute atomic E-state index is 0.0497. The molecule has 94 valence electrons. The predicted molar refractivity (Wildman–Crippen MR) is 69.6 cm³/mol. The first kappa shape index (κ1) is 12.6. The van der Waals surface area contributed by atoms with E-state index in [-0.39, 0.29) is 11.6 Å². The normalized spacial score (nSPS) is 10.9. The number of hydrogen-bond donors (Lipinski definition) is 1. The number of halogens is 1. The van der Waals surface area contributed by atoms with E-state index in [4.69, 9.17) is 16.7 Å². The number of carbonyl (C=O) groups is 1. The average molecular weight is 265 g/mol. The summed E-state index contributed by atoms with van der Waals surface area (Å²) in [5, 5.41) is 13.7. The molecule has 0 aliphatic carbocycles. The van der Waals surface area contributed by atoms with Crippen molar-refractivity contribution in [2.24, 2.45) is 0 Å². The van der Waals surface area contributed by atoms with Crippen LogP contribution < -0.4 is 0 Å². The van der Waals surface area contributed by atoms with Crippen molar-refractivity contribution in [3.05, 3.63) is 46.7 Å². The highest BCUT2D eigenvalue weighted by Gasteiger charge is 2.16. The fourth-order valence-corrected chi connectivity index (χ4v) is 1.83. The van der Waals surface area contributed by atoms with E-state index in [9.17, 15) is 4.79 Å². The van der Waals surface area contributed by atoms with Crippen LogP contribution in [0.5, 0.6) is 0 Å². The molecule has 0 saturated carbocycles. The third kappa shape index (κ3) is 2.38. The fourth-order valence-electron chi connectivity index (χ4n) is 1.70. The maximum Gasteiger partial charge on any atom is 0.356 e. The Morgan fingerprint density at radius 3 is 2.44 bits per heavy atom. The molecule has 0 radical (unpaired) electrons. The van der Waals surface area contributed by atoms with Gasteiger partial charge >= 0.3 is 5.97 Å². The van der Waals surface area contributed by atoms with Gasteiger partial charge in [-0.05, 0) is 36.2 Å². The van der Waals surface area contributed by atoms with Gasteiger partial charge in [0.15, 0.2) is 5.69 Å². The second-order valence-corrected chi connectivity index (χ2v) is 4.74. The monoisotopic (exact) mass is 264 g/mol. The van der Waals surface area contributed by atoms with Crippen molar-refractivity contribution in [1.29, 1.82) is 0 Å². The quantitative estimate of drug-likeness (QED) is 0.925. The van der Waals surface area contributed by atoms with Crippen LogP contribution in [0.3, 0.4) is 0 Å². The van der Waals surface area contributed by atoms with Crippen LogP contribution in [0, 0.1) is 0 Å². The lowest BCUT2D eigenvalue weighted by molar-refractivity contribution is 0.0690. The fraction of sp³-hybridized carbons (Fsp3) is 0.231. The van der Waals surface area contributed by atoms with Gasteiger partial charge in [0.2, 0.25) is 0 Å². The second kappa shape index (κ2) is 4.82. The topological polar surface area (TPSA) is 55.1 Å². The maximum absolute atomic E-state index is 11.0.